The van der Waals surface area contributed by atoms with E-state index in [0.29, 0.717) is 16.3 Å². The molecular weight excluding hydrogens is 238 g/mol. The van der Waals surface area contributed by atoms with Crippen LogP contribution in [0.1, 0.15) is 16.1 Å². The summed E-state index contributed by atoms with van der Waals surface area (Å²) in [7, 11) is 0. The minimum atomic E-state index is -0.150. The molecule has 3 nitrogen and oxygen atoms in total. The van der Waals surface area contributed by atoms with E-state index < -0.39 is 0 Å². The maximum Gasteiger partial charge on any atom is 0.230 e. The second-order valence-corrected chi connectivity index (χ2v) is 4.08. The predicted octanol–water partition coefficient (Wildman–Crippen LogP) is 3.65. The van der Waals surface area contributed by atoms with E-state index in [0.717, 1.165) is 10.9 Å². The molecule has 1 aromatic carbocycles. The Morgan fingerprint density at radius 1 is 1.24 bits per heavy atom. The van der Waals surface area contributed by atoms with Gasteiger partial charge >= 0.3 is 0 Å². The second kappa shape index (κ2) is 3.79. The van der Waals surface area contributed by atoms with E-state index >= 15 is 0 Å². The molecule has 0 amide bonds. The molecule has 0 saturated heterocycles. The lowest BCUT2D eigenvalue weighted by atomic mass is 10.1. The second-order valence-electron chi connectivity index (χ2n) is 3.67. The smallest absolute Gasteiger partial charge is 0.230 e. The third-order valence-corrected chi connectivity index (χ3v) is 2.97. The molecule has 3 rings (SSSR count). The van der Waals surface area contributed by atoms with Gasteiger partial charge in [0.15, 0.2) is 5.76 Å². The predicted molar refractivity (Wildman–Crippen MR) is 65.4 cm³/mol. The fourth-order valence-corrected chi connectivity index (χ4v) is 2.07. The van der Waals surface area contributed by atoms with Gasteiger partial charge in [-0.2, -0.15) is 0 Å². The van der Waals surface area contributed by atoms with Gasteiger partial charge < -0.3 is 9.40 Å². The Balaban J connectivity index is 2.19. The number of aromatic amines is 1. The quantitative estimate of drug-likeness (QED) is 0.701. The van der Waals surface area contributed by atoms with Gasteiger partial charge in [0.25, 0.3) is 0 Å². The van der Waals surface area contributed by atoms with E-state index in [1.807, 2.05) is 12.1 Å². The number of furan rings is 1. The molecule has 1 N–H and O–H groups in total. The van der Waals surface area contributed by atoms with Crippen molar-refractivity contribution in [1.29, 1.82) is 0 Å². The maximum atomic E-state index is 12.1. The van der Waals surface area contributed by atoms with Crippen molar-refractivity contribution in [2.24, 2.45) is 0 Å². The van der Waals surface area contributed by atoms with Crippen LogP contribution in [-0.2, 0) is 0 Å². The number of ketones is 1. The van der Waals surface area contributed by atoms with Crippen LogP contribution in [0.4, 0.5) is 0 Å². The molecule has 0 saturated carbocycles. The first kappa shape index (κ1) is 10.2. The van der Waals surface area contributed by atoms with Crippen LogP contribution in [0.5, 0.6) is 0 Å². The van der Waals surface area contributed by atoms with Gasteiger partial charge in [-0.1, -0.05) is 23.7 Å². The molecule has 84 valence electrons. The Bertz CT molecular complexity index is 683. The van der Waals surface area contributed by atoms with Gasteiger partial charge in [-0.25, -0.2) is 0 Å². The number of benzene rings is 1. The van der Waals surface area contributed by atoms with Gasteiger partial charge in [-0.15, -0.1) is 0 Å². The third-order valence-electron chi connectivity index (χ3n) is 2.65. The monoisotopic (exact) mass is 245 g/mol. The van der Waals surface area contributed by atoms with Crippen molar-refractivity contribution in [1.82, 2.24) is 4.98 Å². The first-order chi connectivity index (χ1) is 8.27. The van der Waals surface area contributed by atoms with Crippen LogP contribution in [0.15, 0.2) is 47.2 Å². The van der Waals surface area contributed by atoms with Crippen LogP contribution in [0, 0.1) is 0 Å². The topological polar surface area (TPSA) is 46.0 Å². The van der Waals surface area contributed by atoms with E-state index in [2.05, 4.69) is 4.98 Å². The number of para-hydroxylation sites is 1. The first-order valence-electron chi connectivity index (χ1n) is 5.11. The summed E-state index contributed by atoms with van der Waals surface area (Å²) in [5.74, 6) is 0.175. The summed E-state index contributed by atoms with van der Waals surface area (Å²) in [6.45, 7) is 0. The Morgan fingerprint density at radius 2 is 2.12 bits per heavy atom. The van der Waals surface area contributed by atoms with E-state index in [9.17, 15) is 4.79 Å². The fraction of sp³-hybridized carbons (Fsp3) is 0. The van der Waals surface area contributed by atoms with Crippen LogP contribution in [0.2, 0.25) is 5.02 Å². The van der Waals surface area contributed by atoms with Gasteiger partial charge in [-0.05, 0) is 18.2 Å². The average molecular weight is 246 g/mol. The van der Waals surface area contributed by atoms with Crippen molar-refractivity contribution in [3.05, 3.63) is 59.1 Å². The lowest BCUT2D eigenvalue weighted by molar-refractivity contribution is 0.101. The highest BCUT2D eigenvalue weighted by Gasteiger charge is 2.16. The maximum absolute atomic E-state index is 12.1. The third kappa shape index (κ3) is 1.56. The Hall–Kier alpha value is -2.00. The Labute approximate surface area is 102 Å². The fourth-order valence-electron chi connectivity index (χ4n) is 1.85. The van der Waals surface area contributed by atoms with Gasteiger partial charge in [-0.3, -0.25) is 4.79 Å². The highest BCUT2D eigenvalue weighted by Crippen LogP contribution is 2.26. The lowest BCUT2D eigenvalue weighted by Crippen LogP contribution is -1.97. The highest BCUT2D eigenvalue weighted by molar-refractivity contribution is 6.35. The van der Waals surface area contributed by atoms with Crippen LogP contribution >= 0.6 is 11.6 Å². The zero-order valence-electron chi connectivity index (χ0n) is 8.74. The molecule has 0 aliphatic rings. The summed E-state index contributed by atoms with van der Waals surface area (Å²) in [4.78, 5) is 15.1. The van der Waals surface area contributed by atoms with E-state index in [4.69, 9.17) is 16.0 Å². The van der Waals surface area contributed by atoms with E-state index in [-0.39, 0.29) is 5.78 Å². The van der Waals surface area contributed by atoms with Crippen molar-refractivity contribution < 1.29 is 9.21 Å². The zero-order chi connectivity index (χ0) is 11.8. The Morgan fingerprint density at radius 3 is 2.88 bits per heavy atom. The van der Waals surface area contributed by atoms with Crippen LogP contribution < -0.4 is 0 Å². The molecule has 2 aromatic heterocycles. The number of nitrogens with one attached hydrogen (secondary N) is 1. The van der Waals surface area contributed by atoms with Gasteiger partial charge in [0.1, 0.15) is 0 Å². The lowest BCUT2D eigenvalue weighted by Gasteiger charge is -1.96. The summed E-state index contributed by atoms with van der Waals surface area (Å²) >= 11 is 6.03. The van der Waals surface area contributed by atoms with E-state index in [1.54, 1.807) is 24.4 Å². The zero-order valence-corrected chi connectivity index (χ0v) is 9.49. The van der Waals surface area contributed by atoms with Crippen LogP contribution in [0.25, 0.3) is 10.9 Å². The number of carbonyl (C=O) groups is 1. The summed E-state index contributed by atoms with van der Waals surface area (Å²) in [6, 6.07) is 8.79. The molecule has 0 spiro atoms. The normalized spacial score (nSPS) is 10.9. The SMILES string of the molecule is O=C(c1ccco1)c1c[nH]c2c(Cl)cccc12. The van der Waals surface area contributed by atoms with Gasteiger partial charge in [0.05, 0.1) is 22.4 Å². The molecule has 17 heavy (non-hydrogen) atoms. The summed E-state index contributed by atoms with van der Waals surface area (Å²) in [5, 5.41) is 1.40. The molecule has 0 radical (unpaired) electrons. The van der Waals surface area contributed by atoms with Crippen molar-refractivity contribution in [2.45, 2.75) is 0 Å². The Kier molecular flexibility index (Phi) is 2.27. The van der Waals surface area contributed by atoms with E-state index in [1.165, 1.54) is 6.26 Å². The number of aromatic nitrogens is 1. The van der Waals surface area contributed by atoms with Gasteiger partial charge in [0, 0.05) is 11.6 Å². The number of rotatable bonds is 2. The van der Waals surface area contributed by atoms with Crippen molar-refractivity contribution >= 4 is 28.3 Å². The number of hydrogen-bond donors (Lipinski definition) is 1. The molecule has 2 heterocycles. The van der Waals surface area contributed by atoms with Crippen molar-refractivity contribution in [3.63, 3.8) is 0 Å². The summed E-state index contributed by atoms with van der Waals surface area (Å²) in [6.07, 6.45) is 3.14. The molecule has 0 fully saturated rings. The molecule has 3 aromatic rings. The molecular formula is C13H8ClNO2. The number of H-pyrrole nitrogens is 1. The van der Waals surface area contributed by atoms with Crippen molar-refractivity contribution in [3.8, 4) is 0 Å². The first-order valence-corrected chi connectivity index (χ1v) is 5.49. The molecule has 0 aliphatic carbocycles. The summed E-state index contributed by atoms with van der Waals surface area (Å²) < 4.78 is 5.10. The van der Waals surface area contributed by atoms with Crippen molar-refractivity contribution in [2.75, 3.05) is 0 Å². The molecule has 0 aliphatic heterocycles. The number of fused-ring (bicyclic) bond motifs is 1. The standard InChI is InChI=1S/C13H8ClNO2/c14-10-4-1-3-8-9(7-15-12(8)10)13(16)11-5-2-6-17-11/h1-7,15H. The minimum absolute atomic E-state index is 0.150. The number of hydrogen-bond acceptors (Lipinski definition) is 2. The molecule has 0 unspecified atom stereocenters. The number of halogens is 1. The molecule has 0 atom stereocenters. The molecule has 0 bridgehead atoms. The minimum Gasteiger partial charge on any atom is -0.461 e. The average Bonchev–Trinajstić information content (AvgIpc) is 2.98. The largest absolute Gasteiger partial charge is 0.461 e. The van der Waals surface area contributed by atoms with Gasteiger partial charge in [0.2, 0.25) is 5.78 Å². The van der Waals surface area contributed by atoms with Crippen LogP contribution in [-0.4, -0.2) is 10.8 Å². The number of carbonyl (C=O) groups excluding carboxylic acids is 1. The molecule has 4 heteroatoms. The summed E-state index contributed by atoms with van der Waals surface area (Å²) in [5.41, 5.74) is 1.33. The van der Waals surface area contributed by atoms with Crippen LogP contribution in [0.3, 0.4) is 0 Å². The highest BCUT2D eigenvalue weighted by atomic mass is 35.5.